The number of H-pyrrole nitrogens is 1. The standard InChI is InChI=1S/C20H20Cl2N6O/c1-12-14(11-23-20(24-12)28-7-3-2-4-8-28)17-10-18(29)27-19(26-17)25-16-6-5-13(21)9-15(16)22/h5-6,9-11H,2-4,7-8H2,1H3,(H2,25,26,27,29). The highest BCUT2D eigenvalue weighted by Crippen LogP contribution is 2.28. The van der Waals surface area contributed by atoms with Gasteiger partial charge in [-0.1, -0.05) is 23.2 Å². The Morgan fingerprint density at radius 1 is 1.10 bits per heavy atom. The van der Waals surface area contributed by atoms with Crippen LogP contribution >= 0.6 is 23.2 Å². The quantitative estimate of drug-likeness (QED) is 0.629. The largest absolute Gasteiger partial charge is 0.341 e. The number of aromatic amines is 1. The molecule has 1 aliphatic rings. The van der Waals surface area contributed by atoms with Gasteiger partial charge in [-0.25, -0.2) is 15.0 Å². The molecule has 29 heavy (non-hydrogen) atoms. The van der Waals surface area contributed by atoms with Gasteiger partial charge in [0.2, 0.25) is 11.9 Å². The molecule has 150 valence electrons. The van der Waals surface area contributed by atoms with Crippen LogP contribution in [0, 0.1) is 6.92 Å². The van der Waals surface area contributed by atoms with Crippen LogP contribution in [0.3, 0.4) is 0 Å². The molecule has 0 unspecified atom stereocenters. The van der Waals surface area contributed by atoms with Crippen LogP contribution in [0.5, 0.6) is 0 Å². The predicted molar refractivity (Wildman–Crippen MR) is 116 cm³/mol. The number of piperidine rings is 1. The summed E-state index contributed by atoms with van der Waals surface area (Å²) in [5.41, 5.74) is 2.27. The SMILES string of the molecule is Cc1nc(N2CCCCC2)ncc1-c1cc(=O)[nH]c(Nc2ccc(Cl)cc2Cl)n1. The molecule has 0 aliphatic carbocycles. The van der Waals surface area contributed by atoms with E-state index >= 15 is 0 Å². The fourth-order valence-corrected chi connectivity index (χ4v) is 3.78. The van der Waals surface area contributed by atoms with Gasteiger partial charge in [0.1, 0.15) is 0 Å². The third-order valence-corrected chi connectivity index (χ3v) is 5.36. The summed E-state index contributed by atoms with van der Waals surface area (Å²) in [6, 6.07) is 6.47. The number of hydrogen-bond acceptors (Lipinski definition) is 6. The van der Waals surface area contributed by atoms with Gasteiger partial charge in [0.25, 0.3) is 5.56 Å². The van der Waals surface area contributed by atoms with Crippen molar-refractivity contribution in [3.8, 4) is 11.3 Å². The summed E-state index contributed by atoms with van der Waals surface area (Å²) in [4.78, 5) is 30.7. The van der Waals surface area contributed by atoms with E-state index in [-0.39, 0.29) is 11.5 Å². The maximum atomic E-state index is 12.2. The molecule has 1 saturated heterocycles. The highest BCUT2D eigenvalue weighted by atomic mass is 35.5. The first-order valence-corrected chi connectivity index (χ1v) is 10.2. The number of nitrogens with zero attached hydrogens (tertiary/aromatic N) is 4. The molecule has 1 aromatic carbocycles. The number of aromatic nitrogens is 4. The van der Waals surface area contributed by atoms with E-state index in [2.05, 4.69) is 30.2 Å². The molecule has 1 fully saturated rings. The Bertz CT molecular complexity index is 1090. The molecule has 0 radical (unpaired) electrons. The lowest BCUT2D eigenvalue weighted by Crippen LogP contribution is -2.31. The number of nitrogens with one attached hydrogen (secondary N) is 2. The molecule has 2 aromatic heterocycles. The fourth-order valence-electron chi connectivity index (χ4n) is 3.33. The molecule has 3 heterocycles. The van der Waals surface area contributed by atoms with Crippen molar-refractivity contribution in [1.29, 1.82) is 0 Å². The van der Waals surface area contributed by atoms with Crippen molar-refractivity contribution < 1.29 is 0 Å². The monoisotopic (exact) mass is 430 g/mol. The minimum Gasteiger partial charge on any atom is -0.341 e. The van der Waals surface area contributed by atoms with Crippen molar-refractivity contribution in [3.63, 3.8) is 0 Å². The van der Waals surface area contributed by atoms with Crippen molar-refractivity contribution >= 4 is 40.8 Å². The molecule has 3 aromatic rings. The molecule has 2 N–H and O–H groups in total. The van der Waals surface area contributed by atoms with Crippen LogP contribution < -0.4 is 15.8 Å². The molecule has 0 saturated carbocycles. The lowest BCUT2D eigenvalue weighted by molar-refractivity contribution is 0.568. The van der Waals surface area contributed by atoms with Gasteiger partial charge in [-0.15, -0.1) is 0 Å². The zero-order chi connectivity index (χ0) is 20.4. The summed E-state index contributed by atoms with van der Waals surface area (Å²) in [7, 11) is 0. The summed E-state index contributed by atoms with van der Waals surface area (Å²) >= 11 is 12.1. The second kappa shape index (κ2) is 8.39. The Morgan fingerprint density at radius 2 is 1.90 bits per heavy atom. The molecule has 0 spiro atoms. The summed E-state index contributed by atoms with van der Waals surface area (Å²) in [5, 5.41) is 3.98. The van der Waals surface area contributed by atoms with Gasteiger partial charge < -0.3 is 10.2 Å². The van der Waals surface area contributed by atoms with Crippen LogP contribution in [-0.2, 0) is 0 Å². The Morgan fingerprint density at radius 3 is 2.62 bits per heavy atom. The van der Waals surface area contributed by atoms with E-state index < -0.39 is 0 Å². The van der Waals surface area contributed by atoms with E-state index in [0.29, 0.717) is 27.0 Å². The third-order valence-electron chi connectivity index (χ3n) is 4.81. The fraction of sp³-hybridized carbons (Fsp3) is 0.300. The molecule has 4 rings (SSSR count). The van der Waals surface area contributed by atoms with E-state index in [1.165, 1.54) is 12.5 Å². The maximum Gasteiger partial charge on any atom is 0.252 e. The van der Waals surface area contributed by atoms with Crippen LogP contribution in [-0.4, -0.2) is 33.0 Å². The van der Waals surface area contributed by atoms with Crippen molar-refractivity contribution in [3.05, 3.63) is 56.6 Å². The van der Waals surface area contributed by atoms with Crippen molar-refractivity contribution in [1.82, 2.24) is 19.9 Å². The maximum absolute atomic E-state index is 12.2. The smallest absolute Gasteiger partial charge is 0.252 e. The molecule has 0 amide bonds. The molecular formula is C20H20Cl2N6O. The van der Waals surface area contributed by atoms with Crippen molar-refractivity contribution in [2.24, 2.45) is 0 Å². The van der Waals surface area contributed by atoms with Gasteiger partial charge in [0, 0.05) is 35.9 Å². The minimum atomic E-state index is -0.290. The highest BCUT2D eigenvalue weighted by Gasteiger charge is 2.16. The van der Waals surface area contributed by atoms with E-state index in [0.717, 1.165) is 37.6 Å². The van der Waals surface area contributed by atoms with E-state index in [1.54, 1.807) is 24.4 Å². The van der Waals surface area contributed by atoms with E-state index in [1.807, 2.05) is 6.92 Å². The van der Waals surface area contributed by atoms with Crippen LogP contribution in [0.1, 0.15) is 25.0 Å². The van der Waals surface area contributed by atoms with Crippen LogP contribution in [0.2, 0.25) is 10.0 Å². The molecular weight excluding hydrogens is 411 g/mol. The average Bonchev–Trinajstić information content (AvgIpc) is 2.70. The summed E-state index contributed by atoms with van der Waals surface area (Å²) in [6.45, 7) is 3.84. The Labute approximate surface area is 178 Å². The normalized spacial score (nSPS) is 14.1. The number of rotatable bonds is 4. The summed E-state index contributed by atoms with van der Waals surface area (Å²) < 4.78 is 0. The zero-order valence-corrected chi connectivity index (χ0v) is 17.4. The van der Waals surface area contributed by atoms with Crippen molar-refractivity contribution in [2.75, 3.05) is 23.3 Å². The highest BCUT2D eigenvalue weighted by molar-refractivity contribution is 6.36. The number of aryl methyl sites for hydroxylation is 1. The lowest BCUT2D eigenvalue weighted by Gasteiger charge is -2.26. The van der Waals surface area contributed by atoms with Gasteiger partial charge in [-0.2, -0.15) is 0 Å². The van der Waals surface area contributed by atoms with Gasteiger partial charge in [-0.3, -0.25) is 9.78 Å². The number of anilines is 3. The molecule has 0 atom stereocenters. The first kappa shape index (κ1) is 19.7. The molecule has 1 aliphatic heterocycles. The molecule has 7 nitrogen and oxygen atoms in total. The Hall–Kier alpha value is -2.64. The Kier molecular flexibility index (Phi) is 5.69. The Balaban J connectivity index is 1.64. The topological polar surface area (TPSA) is 86.8 Å². The minimum absolute atomic E-state index is 0.274. The molecule has 9 heteroatoms. The second-order valence-corrected chi connectivity index (χ2v) is 7.79. The zero-order valence-electron chi connectivity index (χ0n) is 15.9. The third kappa shape index (κ3) is 4.52. The van der Waals surface area contributed by atoms with Gasteiger partial charge >= 0.3 is 0 Å². The second-order valence-electron chi connectivity index (χ2n) is 6.95. The van der Waals surface area contributed by atoms with Gasteiger partial charge in [0.05, 0.1) is 22.1 Å². The van der Waals surface area contributed by atoms with Crippen LogP contribution in [0.4, 0.5) is 17.6 Å². The summed E-state index contributed by atoms with van der Waals surface area (Å²) in [6.07, 6.45) is 5.29. The number of hydrogen-bond donors (Lipinski definition) is 2. The van der Waals surface area contributed by atoms with Gasteiger partial charge in [-0.05, 0) is 44.4 Å². The number of benzene rings is 1. The van der Waals surface area contributed by atoms with E-state index in [9.17, 15) is 4.79 Å². The first-order chi connectivity index (χ1) is 14.0. The lowest BCUT2D eigenvalue weighted by atomic mass is 10.1. The average molecular weight is 431 g/mol. The molecule has 0 bridgehead atoms. The predicted octanol–water partition coefficient (Wildman–Crippen LogP) is 4.58. The van der Waals surface area contributed by atoms with Crippen LogP contribution in [0.15, 0.2) is 35.3 Å². The van der Waals surface area contributed by atoms with E-state index in [4.69, 9.17) is 23.2 Å². The van der Waals surface area contributed by atoms with Crippen molar-refractivity contribution in [2.45, 2.75) is 26.2 Å². The summed E-state index contributed by atoms with van der Waals surface area (Å²) in [5.74, 6) is 0.998. The van der Waals surface area contributed by atoms with Crippen LogP contribution in [0.25, 0.3) is 11.3 Å². The number of halogens is 2. The van der Waals surface area contributed by atoms with Gasteiger partial charge in [0.15, 0.2) is 0 Å². The first-order valence-electron chi connectivity index (χ1n) is 9.42.